The van der Waals surface area contributed by atoms with E-state index in [1.165, 1.54) is 6.33 Å². The Morgan fingerprint density at radius 3 is 3.06 bits per heavy atom. The highest BCUT2D eigenvalue weighted by atomic mass is 16.5. The summed E-state index contributed by atoms with van der Waals surface area (Å²) in [6.45, 7) is 1.60. The normalized spacial score (nSPS) is 31.4. The quantitative estimate of drug-likeness (QED) is 0.850. The molecular formula is C12H18N4O2. The van der Waals surface area contributed by atoms with Crippen LogP contribution in [0.4, 0.5) is 0 Å². The molecule has 0 aromatic carbocycles. The van der Waals surface area contributed by atoms with Crippen molar-refractivity contribution >= 4 is 5.91 Å². The number of hydrogen-bond donors (Lipinski definition) is 1. The Kier molecular flexibility index (Phi) is 3.03. The molecule has 1 aromatic rings. The monoisotopic (exact) mass is 250 g/mol. The summed E-state index contributed by atoms with van der Waals surface area (Å²) in [6, 6.07) is 0. The van der Waals surface area contributed by atoms with E-state index < -0.39 is 0 Å². The molecule has 1 amide bonds. The van der Waals surface area contributed by atoms with Crippen molar-refractivity contribution in [2.75, 3.05) is 20.2 Å². The lowest BCUT2D eigenvalue weighted by Crippen LogP contribution is -2.43. The van der Waals surface area contributed by atoms with Gasteiger partial charge in [0.05, 0.1) is 6.10 Å². The number of nitrogens with one attached hydrogen (secondary N) is 1. The molecule has 1 aromatic heterocycles. The van der Waals surface area contributed by atoms with Gasteiger partial charge in [-0.1, -0.05) is 0 Å². The molecule has 1 N–H and O–H groups in total. The first-order chi connectivity index (χ1) is 8.78. The molecule has 1 aliphatic carbocycles. The third kappa shape index (κ3) is 2.01. The van der Waals surface area contributed by atoms with Crippen LogP contribution >= 0.6 is 0 Å². The molecule has 3 rings (SSSR count). The molecule has 0 spiro atoms. The number of amides is 1. The van der Waals surface area contributed by atoms with Crippen LogP contribution in [-0.2, 0) is 9.53 Å². The van der Waals surface area contributed by atoms with Crippen LogP contribution in [-0.4, -0.2) is 52.3 Å². The highest BCUT2D eigenvalue weighted by Crippen LogP contribution is 2.33. The van der Waals surface area contributed by atoms with Crippen LogP contribution in [0.15, 0.2) is 6.33 Å². The Balaban J connectivity index is 1.55. The average Bonchev–Trinajstić information content (AvgIpc) is 2.98. The molecule has 2 fully saturated rings. The maximum absolute atomic E-state index is 12.2. The SMILES string of the molecule is COC1CC(C(=O)N2CCC(c3ncn[nH]3)C2)C1. The van der Waals surface area contributed by atoms with E-state index in [4.69, 9.17) is 4.74 Å². The lowest BCUT2D eigenvalue weighted by molar-refractivity contribution is -0.142. The van der Waals surface area contributed by atoms with Gasteiger partial charge in [0.2, 0.25) is 5.91 Å². The molecule has 2 heterocycles. The summed E-state index contributed by atoms with van der Waals surface area (Å²) in [6.07, 6.45) is 4.53. The molecule has 1 atom stereocenters. The first-order valence-electron chi connectivity index (χ1n) is 6.44. The number of aromatic nitrogens is 3. The molecule has 2 aliphatic rings. The Bertz CT molecular complexity index is 414. The fraction of sp³-hybridized carbons (Fsp3) is 0.750. The molecule has 1 unspecified atom stereocenters. The van der Waals surface area contributed by atoms with Crippen molar-refractivity contribution in [1.29, 1.82) is 0 Å². The number of likely N-dealkylation sites (tertiary alicyclic amines) is 1. The van der Waals surface area contributed by atoms with Crippen molar-refractivity contribution in [3.8, 4) is 0 Å². The number of rotatable bonds is 3. The topological polar surface area (TPSA) is 71.1 Å². The summed E-state index contributed by atoms with van der Waals surface area (Å²) in [5, 5.41) is 6.76. The van der Waals surface area contributed by atoms with Crippen molar-refractivity contribution in [3.63, 3.8) is 0 Å². The molecule has 6 nitrogen and oxygen atoms in total. The largest absolute Gasteiger partial charge is 0.381 e. The van der Waals surface area contributed by atoms with Crippen molar-refractivity contribution in [1.82, 2.24) is 20.1 Å². The van der Waals surface area contributed by atoms with Gasteiger partial charge in [0, 0.05) is 32.0 Å². The van der Waals surface area contributed by atoms with Crippen LogP contribution in [0.5, 0.6) is 0 Å². The molecule has 6 heteroatoms. The standard InChI is InChI=1S/C12H18N4O2/c1-18-10-4-9(5-10)12(17)16-3-2-8(6-16)11-13-7-14-15-11/h7-10H,2-6H2,1H3,(H,13,14,15). The zero-order valence-electron chi connectivity index (χ0n) is 10.5. The van der Waals surface area contributed by atoms with Crippen LogP contribution < -0.4 is 0 Å². The smallest absolute Gasteiger partial charge is 0.225 e. The maximum Gasteiger partial charge on any atom is 0.225 e. The van der Waals surface area contributed by atoms with Crippen LogP contribution in [0.1, 0.15) is 31.0 Å². The Hall–Kier alpha value is -1.43. The second kappa shape index (κ2) is 4.68. The number of aromatic amines is 1. The fourth-order valence-corrected chi connectivity index (χ4v) is 2.81. The van der Waals surface area contributed by atoms with E-state index >= 15 is 0 Å². The molecular weight excluding hydrogens is 232 g/mol. The lowest BCUT2D eigenvalue weighted by atomic mass is 9.81. The van der Waals surface area contributed by atoms with Gasteiger partial charge >= 0.3 is 0 Å². The summed E-state index contributed by atoms with van der Waals surface area (Å²) in [7, 11) is 1.71. The molecule has 0 bridgehead atoms. The average molecular weight is 250 g/mol. The number of H-pyrrole nitrogens is 1. The zero-order chi connectivity index (χ0) is 12.5. The number of ether oxygens (including phenoxy) is 1. The zero-order valence-corrected chi connectivity index (χ0v) is 10.5. The van der Waals surface area contributed by atoms with Gasteiger partial charge < -0.3 is 9.64 Å². The van der Waals surface area contributed by atoms with E-state index in [1.54, 1.807) is 7.11 Å². The molecule has 1 saturated heterocycles. The van der Waals surface area contributed by atoms with Gasteiger partial charge in [0.15, 0.2) is 0 Å². The van der Waals surface area contributed by atoms with Gasteiger partial charge in [-0.25, -0.2) is 4.98 Å². The predicted molar refractivity (Wildman–Crippen MR) is 63.8 cm³/mol. The third-order valence-corrected chi connectivity index (χ3v) is 4.10. The molecule has 18 heavy (non-hydrogen) atoms. The van der Waals surface area contributed by atoms with E-state index in [2.05, 4.69) is 15.2 Å². The van der Waals surface area contributed by atoms with Gasteiger partial charge in [0.25, 0.3) is 0 Å². The minimum Gasteiger partial charge on any atom is -0.381 e. The van der Waals surface area contributed by atoms with Gasteiger partial charge in [-0.2, -0.15) is 5.10 Å². The van der Waals surface area contributed by atoms with E-state index in [0.717, 1.165) is 38.2 Å². The van der Waals surface area contributed by atoms with Gasteiger partial charge in [-0.15, -0.1) is 0 Å². The maximum atomic E-state index is 12.2. The number of hydrogen-bond acceptors (Lipinski definition) is 4. The number of carbonyl (C=O) groups excluding carboxylic acids is 1. The summed E-state index contributed by atoms with van der Waals surface area (Å²) >= 11 is 0. The molecule has 1 saturated carbocycles. The van der Waals surface area contributed by atoms with Crippen LogP contribution in [0.3, 0.4) is 0 Å². The van der Waals surface area contributed by atoms with E-state index in [0.29, 0.717) is 5.92 Å². The van der Waals surface area contributed by atoms with Gasteiger partial charge in [-0.3, -0.25) is 9.89 Å². The minimum atomic E-state index is 0.170. The minimum absolute atomic E-state index is 0.170. The summed E-state index contributed by atoms with van der Waals surface area (Å²) in [5.74, 6) is 1.66. The molecule has 0 radical (unpaired) electrons. The predicted octanol–water partition coefficient (Wildman–Crippen LogP) is 0.546. The van der Waals surface area contributed by atoms with Crippen molar-refractivity contribution in [2.24, 2.45) is 5.92 Å². The molecule has 98 valence electrons. The molecule has 1 aliphatic heterocycles. The second-order valence-corrected chi connectivity index (χ2v) is 5.17. The summed E-state index contributed by atoms with van der Waals surface area (Å²) in [5.41, 5.74) is 0. The van der Waals surface area contributed by atoms with Crippen molar-refractivity contribution < 1.29 is 9.53 Å². The summed E-state index contributed by atoms with van der Waals surface area (Å²) in [4.78, 5) is 18.4. The third-order valence-electron chi connectivity index (χ3n) is 4.10. The van der Waals surface area contributed by atoms with E-state index in [1.807, 2.05) is 4.90 Å². The first kappa shape index (κ1) is 11.6. The Morgan fingerprint density at radius 1 is 1.56 bits per heavy atom. The lowest BCUT2D eigenvalue weighted by Gasteiger charge is -2.35. The van der Waals surface area contributed by atoms with Crippen molar-refractivity contribution in [3.05, 3.63) is 12.2 Å². The van der Waals surface area contributed by atoms with E-state index in [-0.39, 0.29) is 17.9 Å². The highest BCUT2D eigenvalue weighted by Gasteiger charge is 2.39. The van der Waals surface area contributed by atoms with Gasteiger partial charge in [-0.05, 0) is 19.3 Å². The van der Waals surface area contributed by atoms with E-state index in [9.17, 15) is 4.79 Å². The second-order valence-electron chi connectivity index (χ2n) is 5.17. The first-order valence-corrected chi connectivity index (χ1v) is 6.44. The Labute approximate surface area is 106 Å². The number of methoxy groups -OCH3 is 1. The number of carbonyl (C=O) groups is 1. The van der Waals surface area contributed by atoms with Gasteiger partial charge in [0.1, 0.15) is 12.2 Å². The van der Waals surface area contributed by atoms with Crippen LogP contribution in [0.2, 0.25) is 0 Å². The van der Waals surface area contributed by atoms with Crippen LogP contribution in [0, 0.1) is 5.92 Å². The Morgan fingerprint density at radius 2 is 2.39 bits per heavy atom. The highest BCUT2D eigenvalue weighted by molar-refractivity contribution is 5.80. The van der Waals surface area contributed by atoms with Crippen molar-refractivity contribution in [2.45, 2.75) is 31.3 Å². The summed E-state index contributed by atoms with van der Waals surface area (Å²) < 4.78 is 5.22. The fourth-order valence-electron chi connectivity index (χ4n) is 2.81. The number of nitrogens with zero attached hydrogens (tertiary/aromatic N) is 3. The van der Waals surface area contributed by atoms with Crippen LogP contribution in [0.25, 0.3) is 0 Å².